The molecule has 104 valence electrons. The van der Waals surface area contributed by atoms with E-state index in [4.69, 9.17) is 5.11 Å². The van der Waals surface area contributed by atoms with E-state index in [1.807, 2.05) is 13.8 Å². The number of hydrogen-bond acceptors (Lipinski definition) is 2. The van der Waals surface area contributed by atoms with Crippen molar-refractivity contribution < 1.29 is 23.5 Å². The number of alkyl halides is 2. The average molecular weight is 263 g/mol. The summed E-state index contributed by atoms with van der Waals surface area (Å²) in [5.74, 6) is -5.31. The highest BCUT2D eigenvalue weighted by molar-refractivity contribution is 5.87. The third-order valence-corrected chi connectivity index (χ3v) is 3.37. The molecule has 0 bridgehead atoms. The van der Waals surface area contributed by atoms with Gasteiger partial charge in [-0.1, -0.05) is 13.8 Å². The minimum absolute atomic E-state index is 0.0992. The lowest BCUT2D eigenvalue weighted by Crippen LogP contribution is -2.39. The molecule has 0 aromatic carbocycles. The van der Waals surface area contributed by atoms with E-state index in [2.05, 4.69) is 5.32 Å². The molecule has 6 heteroatoms. The summed E-state index contributed by atoms with van der Waals surface area (Å²) in [7, 11) is 0. The predicted molar refractivity (Wildman–Crippen MR) is 61.3 cm³/mol. The zero-order valence-electron chi connectivity index (χ0n) is 10.8. The average Bonchev–Trinajstić information content (AvgIpc) is 2.73. The molecule has 2 atom stereocenters. The molecule has 1 saturated carbocycles. The van der Waals surface area contributed by atoms with Crippen LogP contribution in [0.2, 0.25) is 0 Å². The summed E-state index contributed by atoms with van der Waals surface area (Å²) in [4.78, 5) is 22.5. The molecular formula is C12H19F2NO3. The van der Waals surface area contributed by atoms with Gasteiger partial charge in [-0.25, -0.2) is 8.78 Å². The maximum Gasteiger partial charge on any atom is 0.308 e. The second-order valence-electron chi connectivity index (χ2n) is 5.59. The summed E-state index contributed by atoms with van der Waals surface area (Å²) in [5, 5.41) is 11.3. The van der Waals surface area contributed by atoms with Gasteiger partial charge in [0.1, 0.15) is 5.41 Å². The van der Waals surface area contributed by atoms with Crippen LogP contribution in [0.1, 0.15) is 33.6 Å². The van der Waals surface area contributed by atoms with Crippen LogP contribution >= 0.6 is 0 Å². The van der Waals surface area contributed by atoms with Crippen molar-refractivity contribution in [3.05, 3.63) is 0 Å². The Hall–Kier alpha value is -1.20. The Morgan fingerprint density at radius 3 is 2.22 bits per heavy atom. The van der Waals surface area contributed by atoms with Crippen LogP contribution in [0.3, 0.4) is 0 Å². The Kier molecular flexibility index (Phi) is 3.98. The molecule has 0 aromatic rings. The summed E-state index contributed by atoms with van der Waals surface area (Å²) in [6.45, 7) is 4.83. The smallest absolute Gasteiger partial charge is 0.308 e. The van der Waals surface area contributed by atoms with Crippen LogP contribution in [0.15, 0.2) is 0 Å². The molecule has 1 fully saturated rings. The predicted octanol–water partition coefficient (Wildman–Crippen LogP) is 1.89. The Morgan fingerprint density at radius 1 is 1.39 bits per heavy atom. The summed E-state index contributed by atoms with van der Waals surface area (Å²) in [5.41, 5.74) is -1.66. The van der Waals surface area contributed by atoms with E-state index in [0.29, 0.717) is 6.42 Å². The number of amides is 1. The number of carbonyl (C=O) groups excluding carboxylic acids is 1. The second kappa shape index (κ2) is 4.82. The van der Waals surface area contributed by atoms with Crippen LogP contribution in [-0.2, 0) is 9.59 Å². The van der Waals surface area contributed by atoms with Crippen LogP contribution in [-0.4, -0.2) is 29.5 Å². The molecule has 0 saturated heterocycles. The van der Waals surface area contributed by atoms with Crippen LogP contribution in [0.25, 0.3) is 0 Å². The molecular weight excluding hydrogens is 244 g/mol. The van der Waals surface area contributed by atoms with Gasteiger partial charge in [0.2, 0.25) is 5.91 Å². The van der Waals surface area contributed by atoms with Gasteiger partial charge in [0.05, 0.1) is 5.92 Å². The van der Waals surface area contributed by atoms with Crippen LogP contribution < -0.4 is 5.32 Å². The minimum atomic E-state index is -2.96. The molecule has 0 spiro atoms. The standard InChI is InChI=1S/C12H19F2NO3/c1-7(2)4-8(9(16)17)5-15-10(18)11(3)6-12(11,13)14/h7-8H,4-6H2,1-3H3,(H,15,18)(H,16,17). The first-order valence-corrected chi connectivity index (χ1v) is 5.99. The SMILES string of the molecule is CC(C)CC(CNC(=O)C1(C)CC1(F)F)C(=O)O. The zero-order chi connectivity index (χ0) is 14.1. The molecule has 0 heterocycles. The molecule has 1 rings (SSSR count). The van der Waals surface area contributed by atoms with E-state index in [0.717, 1.165) is 0 Å². The van der Waals surface area contributed by atoms with E-state index < -0.39 is 35.6 Å². The van der Waals surface area contributed by atoms with Crippen molar-refractivity contribution >= 4 is 11.9 Å². The number of carboxylic acid groups (broad SMARTS) is 1. The quantitative estimate of drug-likeness (QED) is 0.769. The molecule has 1 amide bonds. The molecule has 0 aliphatic heterocycles. The molecule has 0 radical (unpaired) electrons. The minimum Gasteiger partial charge on any atom is -0.481 e. The highest BCUT2D eigenvalue weighted by Crippen LogP contribution is 2.60. The van der Waals surface area contributed by atoms with Gasteiger partial charge in [-0.05, 0) is 19.3 Å². The monoisotopic (exact) mass is 263 g/mol. The number of rotatable bonds is 6. The van der Waals surface area contributed by atoms with Crippen molar-refractivity contribution in [2.24, 2.45) is 17.3 Å². The number of nitrogens with one attached hydrogen (secondary N) is 1. The van der Waals surface area contributed by atoms with Gasteiger partial charge in [-0.2, -0.15) is 0 Å². The fourth-order valence-corrected chi connectivity index (χ4v) is 1.90. The van der Waals surface area contributed by atoms with Gasteiger partial charge in [0.25, 0.3) is 5.92 Å². The van der Waals surface area contributed by atoms with Gasteiger partial charge in [0, 0.05) is 13.0 Å². The van der Waals surface area contributed by atoms with Gasteiger partial charge in [0.15, 0.2) is 0 Å². The maximum absolute atomic E-state index is 12.9. The Labute approximate surface area is 105 Å². The molecule has 0 aromatic heterocycles. The van der Waals surface area contributed by atoms with Crippen LogP contribution in [0.5, 0.6) is 0 Å². The van der Waals surface area contributed by atoms with E-state index in [1.165, 1.54) is 6.92 Å². The Bertz CT molecular complexity index is 357. The molecule has 18 heavy (non-hydrogen) atoms. The third-order valence-electron chi connectivity index (χ3n) is 3.37. The highest BCUT2D eigenvalue weighted by Gasteiger charge is 2.72. The fraction of sp³-hybridized carbons (Fsp3) is 0.833. The first-order valence-electron chi connectivity index (χ1n) is 5.99. The number of carboxylic acids is 1. The van der Waals surface area contributed by atoms with Crippen molar-refractivity contribution in [2.75, 3.05) is 6.54 Å². The second-order valence-corrected chi connectivity index (χ2v) is 5.59. The molecule has 1 aliphatic rings. The lowest BCUT2D eigenvalue weighted by molar-refractivity contribution is -0.142. The first-order chi connectivity index (χ1) is 8.10. The first kappa shape index (κ1) is 14.9. The van der Waals surface area contributed by atoms with Crippen molar-refractivity contribution in [3.63, 3.8) is 0 Å². The third kappa shape index (κ3) is 2.97. The number of hydrogen-bond donors (Lipinski definition) is 2. The van der Waals surface area contributed by atoms with E-state index in [1.54, 1.807) is 0 Å². The lowest BCUT2D eigenvalue weighted by atomic mass is 9.97. The van der Waals surface area contributed by atoms with E-state index in [-0.39, 0.29) is 12.5 Å². The molecule has 4 nitrogen and oxygen atoms in total. The largest absolute Gasteiger partial charge is 0.481 e. The summed E-state index contributed by atoms with van der Waals surface area (Å²) >= 11 is 0. The topological polar surface area (TPSA) is 66.4 Å². The Morgan fingerprint density at radius 2 is 1.89 bits per heavy atom. The van der Waals surface area contributed by atoms with Crippen LogP contribution in [0, 0.1) is 17.3 Å². The lowest BCUT2D eigenvalue weighted by Gasteiger charge is -2.17. The zero-order valence-corrected chi connectivity index (χ0v) is 10.8. The van der Waals surface area contributed by atoms with E-state index in [9.17, 15) is 18.4 Å². The number of carbonyl (C=O) groups is 2. The molecule has 2 N–H and O–H groups in total. The maximum atomic E-state index is 12.9. The van der Waals surface area contributed by atoms with Gasteiger partial charge in [-0.15, -0.1) is 0 Å². The highest BCUT2D eigenvalue weighted by atomic mass is 19.3. The molecule has 2 unspecified atom stereocenters. The number of aliphatic carboxylic acids is 1. The van der Waals surface area contributed by atoms with Gasteiger partial charge >= 0.3 is 5.97 Å². The van der Waals surface area contributed by atoms with Crippen molar-refractivity contribution in [2.45, 2.75) is 39.5 Å². The number of halogens is 2. The van der Waals surface area contributed by atoms with E-state index >= 15 is 0 Å². The van der Waals surface area contributed by atoms with Crippen molar-refractivity contribution in [3.8, 4) is 0 Å². The fourth-order valence-electron chi connectivity index (χ4n) is 1.90. The Balaban J connectivity index is 2.49. The van der Waals surface area contributed by atoms with Crippen LogP contribution in [0.4, 0.5) is 8.78 Å². The summed E-state index contributed by atoms with van der Waals surface area (Å²) in [6, 6.07) is 0. The summed E-state index contributed by atoms with van der Waals surface area (Å²) < 4.78 is 25.9. The summed E-state index contributed by atoms with van der Waals surface area (Å²) in [6.07, 6.45) is -0.0591. The normalized spacial score (nSPS) is 26.8. The van der Waals surface area contributed by atoms with Crippen molar-refractivity contribution in [1.82, 2.24) is 5.32 Å². The van der Waals surface area contributed by atoms with Gasteiger partial charge < -0.3 is 10.4 Å². The molecule has 1 aliphatic carbocycles. The van der Waals surface area contributed by atoms with Gasteiger partial charge in [-0.3, -0.25) is 9.59 Å². The van der Waals surface area contributed by atoms with Crippen molar-refractivity contribution in [1.29, 1.82) is 0 Å².